The van der Waals surface area contributed by atoms with Gasteiger partial charge in [0.1, 0.15) is 10.8 Å². The maximum absolute atomic E-state index is 12.6. The highest BCUT2D eigenvalue weighted by Gasteiger charge is 2.12. The fourth-order valence-electron chi connectivity index (χ4n) is 2.43. The van der Waals surface area contributed by atoms with Crippen molar-refractivity contribution in [2.45, 2.75) is 24.6 Å². The third kappa shape index (κ3) is 2.90. The van der Waals surface area contributed by atoms with Gasteiger partial charge in [-0.1, -0.05) is 6.07 Å². The van der Waals surface area contributed by atoms with Crippen molar-refractivity contribution < 1.29 is 8.95 Å². The van der Waals surface area contributed by atoms with E-state index in [9.17, 15) is 4.21 Å². The van der Waals surface area contributed by atoms with Gasteiger partial charge in [0, 0.05) is 17.1 Å². The van der Waals surface area contributed by atoms with Crippen LogP contribution in [0.15, 0.2) is 41.6 Å². The number of hydrogen-bond acceptors (Lipinski definition) is 3. The summed E-state index contributed by atoms with van der Waals surface area (Å²) in [7, 11) is 0.486. The predicted molar refractivity (Wildman–Crippen MR) is 88.7 cm³/mol. The van der Waals surface area contributed by atoms with Crippen LogP contribution in [0.4, 0.5) is 0 Å². The third-order valence-electron chi connectivity index (χ3n) is 3.64. The number of methoxy groups -OCH3 is 1. The molecule has 0 radical (unpaired) electrons. The molecular formula is C17H18N2O2S. The van der Waals surface area contributed by atoms with Gasteiger partial charge in [-0.3, -0.25) is 9.19 Å². The number of hydrogen-bond donors (Lipinski definition) is 1. The average Bonchev–Trinajstić information content (AvgIpc) is 2.93. The zero-order chi connectivity index (χ0) is 15.7. The highest BCUT2D eigenvalue weighted by atomic mass is 32.2. The first kappa shape index (κ1) is 14.8. The van der Waals surface area contributed by atoms with Crippen LogP contribution < -0.4 is 4.74 Å². The van der Waals surface area contributed by atoms with E-state index in [1.807, 2.05) is 44.3 Å². The van der Waals surface area contributed by atoms with Gasteiger partial charge in [0.2, 0.25) is 0 Å². The normalized spacial score (nSPS) is 12.5. The number of rotatable bonds is 4. The van der Waals surface area contributed by atoms with Crippen molar-refractivity contribution in [2.24, 2.45) is 0 Å². The maximum atomic E-state index is 12.6. The van der Waals surface area contributed by atoms with Crippen LogP contribution in [0.25, 0.3) is 10.9 Å². The third-order valence-corrected chi connectivity index (χ3v) is 4.89. The van der Waals surface area contributed by atoms with E-state index in [-0.39, 0.29) is 0 Å². The van der Waals surface area contributed by atoms with E-state index in [1.54, 1.807) is 7.11 Å². The summed E-state index contributed by atoms with van der Waals surface area (Å²) in [5.41, 5.74) is 4.02. The van der Waals surface area contributed by atoms with Gasteiger partial charge in [-0.15, -0.1) is 0 Å². The van der Waals surface area contributed by atoms with Gasteiger partial charge >= 0.3 is 0 Å². The van der Waals surface area contributed by atoms with Crippen LogP contribution in [0.2, 0.25) is 0 Å². The van der Waals surface area contributed by atoms with Gasteiger partial charge < -0.3 is 9.72 Å². The molecule has 0 saturated heterocycles. The second-order valence-corrected chi connectivity index (χ2v) is 6.77. The van der Waals surface area contributed by atoms with Crippen molar-refractivity contribution in [1.29, 1.82) is 0 Å². The molecule has 0 aliphatic carbocycles. The van der Waals surface area contributed by atoms with Crippen LogP contribution in [0.3, 0.4) is 0 Å². The standard InChI is InChI=1S/C17H18N2O2S/c1-11-6-12(2)16(18-9-11)10-22(20)17-8-13-7-14(21-3)4-5-15(13)19-17/h4-9,19H,10H2,1-3H3/t22-/m1/s1. The molecule has 0 fully saturated rings. The summed E-state index contributed by atoms with van der Waals surface area (Å²) in [5, 5.41) is 1.71. The number of nitrogens with zero attached hydrogens (tertiary/aromatic N) is 1. The minimum absolute atomic E-state index is 0.413. The molecule has 5 heteroatoms. The van der Waals surface area contributed by atoms with Gasteiger partial charge in [0.05, 0.1) is 29.4 Å². The quantitative estimate of drug-likeness (QED) is 0.802. The molecule has 0 unspecified atom stereocenters. The Morgan fingerprint density at radius 3 is 2.77 bits per heavy atom. The van der Waals surface area contributed by atoms with Gasteiger partial charge in [0.15, 0.2) is 0 Å². The predicted octanol–water partition coefficient (Wildman–Crippen LogP) is 3.50. The Balaban J connectivity index is 1.88. The van der Waals surface area contributed by atoms with Crippen molar-refractivity contribution in [3.8, 4) is 5.75 Å². The van der Waals surface area contributed by atoms with E-state index in [4.69, 9.17) is 4.74 Å². The Morgan fingerprint density at radius 2 is 2.05 bits per heavy atom. The van der Waals surface area contributed by atoms with E-state index in [1.165, 1.54) is 0 Å². The fourth-order valence-corrected chi connectivity index (χ4v) is 3.62. The minimum Gasteiger partial charge on any atom is -0.497 e. The fraction of sp³-hybridized carbons (Fsp3) is 0.235. The first-order chi connectivity index (χ1) is 10.6. The second kappa shape index (κ2) is 5.93. The van der Waals surface area contributed by atoms with Crippen LogP contribution in [-0.2, 0) is 16.6 Å². The number of fused-ring (bicyclic) bond motifs is 1. The monoisotopic (exact) mass is 314 g/mol. The van der Waals surface area contributed by atoms with Gasteiger partial charge in [-0.2, -0.15) is 0 Å². The number of aromatic nitrogens is 2. The smallest absolute Gasteiger partial charge is 0.119 e. The highest BCUT2D eigenvalue weighted by molar-refractivity contribution is 7.84. The molecule has 4 nitrogen and oxygen atoms in total. The Labute approximate surface area is 132 Å². The number of H-pyrrole nitrogens is 1. The van der Waals surface area contributed by atoms with E-state index in [0.717, 1.165) is 33.5 Å². The molecule has 0 saturated carbocycles. The average molecular weight is 314 g/mol. The maximum Gasteiger partial charge on any atom is 0.119 e. The molecule has 1 atom stereocenters. The molecule has 1 aromatic carbocycles. The molecule has 22 heavy (non-hydrogen) atoms. The Bertz CT molecular complexity index is 855. The number of ether oxygens (including phenoxy) is 1. The van der Waals surface area contributed by atoms with Gasteiger partial charge in [-0.25, -0.2) is 0 Å². The zero-order valence-electron chi connectivity index (χ0n) is 12.8. The van der Waals surface area contributed by atoms with E-state index in [0.29, 0.717) is 10.8 Å². The molecule has 3 rings (SSSR count). The van der Waals surface area contributed by atoms with E-state index in [2.05, 4.69) is 16.0 Å². The molecule has 0 aliphatic heterocycles. The van der Waals surface area contributed by atoms with Gasteiger partial charge in [-0.05, 0) is 49.2 Å². The number of pyridine rings is 1. The summed E-state index contributed by atoms with van der Waals surface area (Å²) in [4.78, 5) is 7.61. The van der Waals surface area contributed by atoms with Gasteiger partial charge in [0.25, 0.3) is 0 Å². The summed E-state index contributed by atoms with van der Waals surface area (Å²) in [6.07, 6.45) is 1.82. The lowest BCUT2D eigenvalue weighted by molar-refractivity contribution is 0.415. The van der Waals surface area contributed by atoms with Crippen LogP contribution >= 0.6 is 0 Å². The van der Waals surface area contributed by atoms with E-state index >= 15 is 0 Å². The molecule has 0 spiro atoms. The highest BCUT2D eigenvalue weighted by Crippen LogP contribution is 2.24. The summed E-state index contributed by atoms with van der Waals surface area (Å²) in [5.74, 6) is 1.20. The molecule has 0 bridgehead atoms. The van der Waals surface area contributed by atoms with Crippen molar-refractivity contribution in [2.75, 3.05) is 7.11 Å². The summed E-state index contributed by atoms with van der Waals surface area (Å²) < 4.78 is 17.8. The van der Waals surface area contributed by atoms with Crippen molar-refractivity contribution in [1.82, 2.24) is 9.97 Å². The summed E-state index contributed by atoms with van der Waals surface area (Å²) in [6, 6.07) is 9.73. The van der Waals surface area contributed by atoms with Crippen LogP contribution in [0.5, 0.6) is 5.75 Å². The molecule has 0 amide bonds. The van der Waals surface area contributed by atoms with Crippen molar-refractivity contribution in [3.63, 3.8) is 0 Å². The zero-order valence-corrected chi connectivity index (χ0v) is 13.7. The molecular weight excluding hydrogens is 296 g/mol. The molecule has 2 heterocycles. The molecule has 2 aromatic heterocycles. The first-order valence-electron chi connectivity index (χ1n) is 7.04. The lowest BCUT2D eigenvalue weighted by Crippen LogP contribution is -2.01. The summed E-state index contributed by atoms with van der Waals surface area (Å²) >= 11 is 0. The number of aryl methyl sites for hydroxylation is 2. The lowest BCUT2D eigenvalue weighted by atomic mass is 10.2. The van der Waals surface area contributed by atoms with Crippen molar-refractivity contribution in [3.05, 3.63) is 53.3 Å². The largest absolute Gasteiger partial charge is 0.497 e. The molecule has 3 aromatic rings. The van der Waals surface area contributed by atoms with Crippen LogP contribution in [0.1, 0.15) is 16.8 Å². The molecule has 114 valence electrons. The number of benzene rings is 1. The molecule has 0 aliphatic rings. The minimum atomic E-state index is -1.15. The summed E-state index contributed by atoms with van der Waals surface area (Å²) in [6.45, 7) is 4.01. The molecule has 1 N–H and O–H groups in total. The Morgan fingerprint density at radius 1 is 1.23 bits per heavy atom. The number of nitrogens with one attached hydrogen (secondary N) is 1. The number of aromatic amines is 1. The Kier molecular flexibility index (Phi) is 3.98. The topological polar surface area (TPSA) is 55.0 Å². The SMILES string of the molecule is COc1ccc2[nH]c([S@](=O)Cc3ncc(C)cc3C)cc2c1. The van der Waals surface area contributed by atoms with Crippen LogP contribution in [-0.4, -0.2) is 21.3 Å². The first-order valence-corrected chi connectivity index (χ1v) is 8.36. The van der Waals surface area contributed by atoms with Crippen LogP contribution in [0, 0.1) is 13.8 Å². The van der Waals surface area contributed by atoms with Crippen molar-refractivity contribution >= 4 is 21.7 Å². The van der Waals surface area contributed by atoms with E-state index < -0.39 is 10.8 Å². The second-order valence-electron chi connectivity index (χ2n) is 5.35. The lowest BCUT2D eigenvalue weighted by Gasteiger charge is -2.04. The Hall–Kier alpha value is -2.14.